The molecule has 0 heterocycles. The molecule has 3 heteroatoms. The summed E-state index contributed by atoms with van der Waals surface area (Å²) < 4.78 is 0. The number of aromatic hydroxyl groups is 2. The summed E-state index contributed by atoms with van der Waals surface area (Å²) in [7, 11) is 0. The Morgan fingerprint density at radius 2 is 0.286 bits per heavy atom. The van der Waals surface area contributed by atoms with Crippen LogP contribution < -0.4 is 0 Å². The van der Waals surface area contributed by atoms with Crippen molar-refractivity contribution in [1.29, 1.82) is 0 Å². The second-order valence-corrected chi connectivity index (χ2v) is 35.7. The van der Waals surface area contributed by atoms with Crippen LogP contribution in [0.5, 0.6) is 11.5 Å². The van der Waals surface area contributed by atoms with Gasteiger partial charge in [-0.05, 0) is 261 Å². The van der Waals surface area contributed by atoms with Crippen molar-refractivity contribution in [2.75, 3.05) is 0 Å². The lowest BCUT2D eigenvalue weighted by molar-refractivity contribution is 0.199. The first-order valence-electron chi connectivity index (χ1n) is 46.6. The molecule has 0 aromatic heterocycles. The average molecular weight is 1720 g/mol. The molecule has 26 rings (SSSR count). The van der Waals surface area contributed by atoms with E-state index in [0.717, 1.165) is 5.56 Å². The van der Waals surface area contributed by atoms with Gasteiger partial charge in [-0.25, -0.2) is 0 Å². The van der Waals surface area contributed by atoms with Gasteiger partial charge in [0, 0.05) is 0 Å². The fourth-order valence-corrected chi connectivity index (χ4v) is 18.2. The number of aliphatic hydroxyl groups excluding tert-OH is 1. The summed E-state index contributed by atoms with van der Waals surface area (Å²) in [4.78, 5) is 0. The van der Waals surface area contributed by atoms with Gasteiger partial charge < -0.3 is 15.3 Å². The zero-order valence-electron chi connectivity index (χ0n) is 77.2. The average Bonchev–Trinajstić information content (AvgIpc) is 0.707. The maximum absolute atomic E-state index is 9.38. The molecule has 0 aliphatic rings. The van der Waals surface area contributed by atoms with Gasteiger partial charge in [-0.2, -0.15) is 0 Å². The third-order valence-corrected chi connectivity index (χ3v) is 25.5. The van der Waals surface area contributed by atoms with E-state index in [2.05, 4.69) is 444 Å². The highest BCUT2D eigenvalue weighted by atomic mass is 16.3. The van der Waals surface area contributed by atoms with E-state index in [1.54, 1.807) is 31.2 Å². The molecule has 0 aliphatic carbocycles. The largest absolute Gasteiger partial charge is 0.508 e. The number of hydrogen-bond donors (Lipinski definition) is 3. The van der Waals surface area contributed by atoms with Gasteiger partial charge in [0.15, 0.2) is 0 Å². The summed E-state index contributed by atoms with van der Waals surface area (Å²) in [5.41, 5.74) is 6.33. The monoisotopic (exact) mass is 1720 g/mol. The molecule has 0 fully saturated rings. The van der Waals surface area contributed by atoms with Crippen molar-refractivity contribution in [3.63, 3.8) is 0 Å². The topological polar surface area (TPSA) is 60.7 Å². The van der Waals surface area contributed by atoms with E-state index < -0.39 is 0 Å². The number of rotatable bonds is 5. The van der Waals surface area contributed by atoms with Crippen LogP contribution in [0.1, 0.15) is 120 Å². The fourth-order valence-electron chi connectivity index (χ4n) is 18.2. The van der Waals surface area contributed by atoms with Gasteiger partial charge in [-0.1, -0.05) is 492 Å². The van der Waals surface area contributed by atoms with Crippen LogP contribution in [-0.2, 0) is 0 Å². The second-order valence-electron chi connectivity index (χ2n) is 35.7. The molecule has 0 aliphatic heterocycles. The zero-order chi connectivity index (χ0) is 91.9. The Morgan fingerprint density at radius 3 is 0.481 bits per heavy atom. The SMILES string of the molecule is CC(C)c1ccc(O)cc1.CC(C)c1ccc(O)cc1.CC(C)c1ccc2ccccc2c1.CC(C)c1ccc2ccccc2c1.CC(O)c1ccc2ccccc2c1.c1cc2ccc3ccc4ccc5cccc6c(c1)c2c3c4c56.c1cc2ccc3ccc4ccc5cccc6c(c1)c2c3c4c56.c1ccc2ccccc2c1.c1ccc2ccccc2c1.c1ccc2ccccc2c1. The minimum Gasteiger partial charge on any atom is -0.508 e. The van der Waals surface area contributed by atoms with Crippen molar-refractivity contribution in [1.82, 2.24) is 0 Å². The minimum absolute atomic E-state index is 0.337. The molecule has 3 N–H and O–H groups in total. The van der Waals surface area contributed by atoms with Crippen molar-refractivity contribution >= 4 is 172 Å². The van der Waals surface area contributed by atoms with Gasteiger partial charge in [0.1, 0.15) is 11.5 Å². The van der Waals surface area contributed by atoms with Crippen molar-refractivity contribution in [3.8, 4) is 11.5 Å². The summed E-state index contributed by atoms with van der Waals surface area (Å²) >= 11 is 0. The molecule has 0 amide bonds. The molecule has 1 atom stereocenters. The third kappa shape index (κ3) is 20.6. The van der Waals surface area contributed by atoms with Crippen LogP contribution >= 0.6 is 0 Å². The summed E-state index contributed by atoms with van der Waals surface area (Å²) in [6, 6.07) is 163. The summed E-state index contributed by atoms with van der Waals surface area (Å²) in [5, 5.41) is 70.4. The molecule has 1 unspecified atom stereocenters. The minimum atomic E-state index is -0.385. The van der Waals surface area contributed by atoms with Gasteiger partial charge in [-0.15, -0.1) is 0 Å². The Kier molecular flexibility index (Phi) is 27.9. The first kappa shape index (κ1) is 89.5. The molecule has 26 aromatic carbocycles. The van der Waals surface area contributed by atoms with Crippen molar-refractivity contribution < 1.29 is 15.3 Å². The number of fused-ring (bicyclic) bond motifs is 8. The summed E-state index contributed by atoms with van der Waals surface area (Å²) in [5.74, 6) is 2.99. The fraction of sp³-hybridized carbons (Fsp3) is 0.108. The number of hydrogen-bond acceptors (Lipinski definition) is 3. The molecular weight excluding hydrogens is 1610 g/mol. The van der Waals surface area contributed by atoms with Crippen LogP contribution in [0.3, 0.4) is 0 Å². The highest BCUT2D eigenvalue weighted by Crippen LogP contribution is 2.47. The first-order valence-corrected chi connectivity index (χ1v) is 46.6. The van der Waals surface area contributed by atoms with Crippen molar-refractivity contribution in [2.24, 2.45) is 0 Å². The van der Waals surface area contributed by atoms with Crippen molar-refractivity contribution in [2.45, 2.75) is 92.1 Å². The lowest BCUT2D eigenvalue weighted by Gasteiger charge is -2.17. The third-order valence-electron chi connectivity index (χ3n) is 25.5. The van der Waals surface area contributed by atoms with Crippen LogP contribution in [0.2, 0.25) is 0 Å². The predicted molar refractivity (Wildman–Crippen MR) is 580 cm³/mol. The van der Waals surface area contributed by atoms with E-state index in [1.807, 2.05) is 54.6 Å². The standard InChI is InChI=1S/2C22H12.2C13H14.C12H12O.3C10H8.2C9H12O/c2*1-3-13-7-9-15-11-12-16-10-8-14-4-2-6-18-17(5-1)19(13)21(15)22(16)20(14)18;2*1-10(2)12-8-7-11-5-3-4-6-13(11)9-12;1-9(13)11-7-6-10-4-2-3-5-12(10)8-11;3*1-2-6-10-8-4-3-7-9(10)5-1;2*1-7(2)8-3-5-9(10)6-4-8/h2*1-12H;2*3-10H,1-2H3;2-9,13H,1H3;3*1-8H;2*3-7,10H,1-2H3. The number of benzene rings is 26. The van der Waals surface area contributed by atoms with Crippen LogP contribution in [0.4, 0.5) is 0 Å². The normalized spacial score (nSPS) is 11.4. The quantitative estimate of drug-likeness (QED) is 0.119. The first-order chi connectivity index (χ1) is 64.9. The predicted octanol–water partition coefficient (Wildman–Crippen LogP) is 37.0. The molecule has 3 nitrogen and oxygen atoms in total. The molecule has 133 heavy (non-hydrogen) atoms. The number of phenolic OH excluding ortho intramolecular Hbond substituents is 2. The Balaban J connectivity index is 0.000000105. The van der Waals surface area contributed by atoms with E-state index in [4.69, 9.17) is 10.2 Å². The Morgan fingerprint density at radius 1 is 0.135 bits per heavy atom. The number of aliphatic hydroxyl groups is 1. The molecule has 0 spiro atoms. The van der Waals surface area contributed by atoms with Crippen LogP contribution in [0.25, 0.3) is 172 Å². The van der Waals surface area contributed by atoms with Gasteiger partial charge in [0.05, 0.1) is 6.10 Å². The maximum Gasteiger partial charge on any atom is 0.115 e. The van der Waals surface area contributed by atoms with Crippen molar-refractivity contribution in [3.05, 3.63) is 495 Å². The van der Waals surface area contributed by atoms with E-state index in [1.165, 1.54) is 195 Å². The zero-order valence-corrected chi connectivity index (χ0v) is 77.2. The highest BCUT2D eigenvalue weighted by Gasteiger charge is 2.19. The summed E-state index contributed by atoms with van der Waals surface area (Å²) in [6.45, 7) is 19.2. The van der Waals surface area contributed by atoms with E-state index in [9.17, 15) is 5.11 Å². The molecule has 0 saturated heterocycles. The molecule has 650 valence electrons. The van der Waals surface area contributed by atoms with E-state index >= 15 is 0 Å². The second kappa shape index (κ2) is 41.5. The lowest BCUT2D eigenvalue weighted by Crippen LogP contribution is -1.89. The van der Waals surface area contributed by atoms with Gasteiger partial charge in [-0.3, -0.25) is 0 Å². The molecular formula is C130H112O3. The number of phenols is 2. The van der Waals surface area contributed by atoms with Gasteiger partial charge in [0.2, 0.25) is 0 Å². The van der Waals surface area contributed by atoms with Gasteiger partial charge >= 0.3 is 0 Å². The molecule has 0 radical (unpaired) electrons. The molecule has 26 aromatic rings. The molecule has 0 bridgehead atoms. The summed E-state index contributed by atoms with van der Waals surface area (Å²) in [6.07, 6.45) is -0.385. The Bertz CT molecular complexity index is 7280. The van der Waals surface area contributed by atoms with Gasteiger partial charge in [0.25, 0.3) is 0 Å². The highest BCUT2D eigenvalue weighted by molar-refractivity contribution is 6.41. The Labute approximate surface area is 780 Å². The van der Waals surface area contributed by atoms with E-state index in [-0.39, 0.29) is 6.10 Å². The smallest absolute Gasteiger partial charge is 0.115 e. The van der Waals surface area contributed by atoms with E-state index in [0.29, 0.717) is 35.2 Å². The molecule has 0 saturated carbocycles. The maximum atomic E-state index is 9.38. The Hall–Kier alpha value is -15.5. The lowest BCUT2D eigenvalue weighted by atomic mass is 9.86. The van der Waals surface area contributed by atoms with Crippen LogP contribution in [0, 0.1) is 0 Å². The van der Waals surface area contributed by atoms with Crippen LogP contribution in [-0.4, -0.2) is 15.3 Å². The van der Waals surface area contributed by atoms with Crippen LogP contribution in [0.15, 0.2) is 467 Å².